The Morgan fingerprint density at radius 1 is 1.40 bits per heavy atom. The van der Waals surface area contributed by atoms with Crippen LogP contribution in [0.5, 0.6) is 0 Å². The summed E-state index contributed by atoms with van der Waals surface area (Å²) in [5.74, 6) is -1.73. The van der Waals surface area contributed by atoms with Gasteiger partial charge in [0, 0.05) is 39.2 Å². The number of rotatable bonds is 4. The molecule has 2 unspecified atom stereocenters. The quantitative estimate of drug-likeness (QED) is 0.767. The Hall–Kier alpha value is -0.330. The molecule has 0 amide bonds. The van der Waals surface area contributed by atoms with E-state index in [0.717, 1.165) is 0 Å². The van der Waals surface area contributed by atoms with Crippen molar-refractivity contribution in [3.8, 4) is 0 Å². The van der Waals surface area contributed by atoms with E-state index in [0.29, 0.717) is 19.6 Å². The minimum absolute atomic E-state index is 0.0503. The maximum Gasteiger partial charge on any atom is 0.393 e. The molecule has 2 N–H and O–H groups in total. The number of ether oxygens (including phenoxy) is 1. The standard InChI is InChI=1S/C9H17F3N2O/c1-15-6-7-4-14(3-2-13)5-8(7)9(10,11)12/h7-8H,2-6,13H2,1H3. The molecule has 15 heavy (non-hydrogen) atoms. The number of hydrogen-bond donors (Lipinski definition) is 1. The second kappa shape index (κ2) is 5.14. The maximum atomic E-state index is 12.6. The Bertz CT molecular complexity index is 198. The average Bonchev–Trinajstić information content (AvgIpc) is 2.49. The number of nitrogens with two attached hydrogens (primary N) is 1. The SMILES string of the molecule is COCC1CN(CCN)CC1C(F)(F)F. The zero-order valence-corrected chi connectivity index (χ0v) is 8.76. The molecule has 0 bridgehead atoms. The predicted molar refractivity (Wildman–Crippen MR) is 50.4 cm³/mol. The highest BCUT2D eigenvalue weighted by atomic mass is 19.4. The average molecular weight is 226 g/mol. The number of likely N-dealkylation sites (tertiary alicyclic amines) is 1. The Balaban J connectivity index is 2.59. The van der Waals surface area contributed by atoms with Crippen molar-refractivity contribution in [3.05, 3.63) is 0 Å². The van der Waals surface area contributed by atoms with E-state index in [-0.39, 0.29) is 13.2 Å². The lowest BCUT2D eigenvalue weighted by atomic mass is 9.96. The van der Waals surface area contributed by atoms with Crippen molar-refractivity contribution in [2.45, 2.75) is 6.18 Å². The predicted octanol–water partition coefficient (Wildman–Crippen LogP) is 0.702. The fourth-order valence-electron chi connectivity index (χ4n) is 2.08. The van der Waals surface area contributed by atoms with Crippen molar-refractivity contribution in [1.29, 1.82) is 0 Å². The Kier molecular flexibility index (Phi) is 4.36. The third kappa shape index (κ3) is 3.32. The molecule has 0 saturated carbocycles. The summed E-state index contributed by atoms with van der Waals surface area (Å²) < 4.78 is 42.7. The second-order valence-electron chi connectivity index (χ2n) is 3.91. The van der Waals surface area contributed by atoms with Crippen LogP contribution >= 0.6 is 0 Å². The van der Waals surface area contributed by atoms with Crippen molar-refractivity contribution in [2.75, 3.05) is 39.9 Å². The first-order valence-electron chi connectivity index (χ1n) is 4.97. The summed E-state index contributed by atoms with van der Waals surface area (Å²) >= 11 is 0. The molecule has 0 aromatic rings. The Labute approximate surface area is 87.4 Å². The molecule has 0 aromatic heterocycles. The van der Waals surface area contributed by atoms with Crippen LogP contribution in [-0.4, -0.2) is 51.0 Å². The van der Waals surface area contributed by atoms with Crippen LogP contribution in [0.4, 0.5) is 13.2 Å². The van der Waals surface area contributed by atoms with Gasteiger partial charge in [-0.3, -0.25) is 0 Å². The lowest BCUT2D eigenvalue weighted by Gasteiger charge is -2.20. The van der Waals surface area contributed by atoms with Gasteiger partial charge in [-0.25, -0.2) is 0 Å². The molecule has 1 rings (SSSR count). The minimum atomic E-state index is -4.13. The highest BCUT2D eigenvalue weighted by molar-refractivity contribution is 4.88. The van der Waals surface area contributed by atoms with Gasteiger partial charge >= 0.3 is 6.18 Å². The molecule has 90 valence electrons. The highest BCUT2D eigenvalue weighted by Gasteiger charge is 2.49. The van der Waals surface area contributed by atoms with Crippen LogP contribution in [0.1, 0.15) is 0 Å². The first-order chi connectivity index (χ1) is 6.99. The third-order valence-electron chi connectivity index (χ3n) is 2.76. The van der Waals surface area contributed by atoms with E-state index in [1.54, 1.807) is 4.90 Å². The number of methoxy groups -OCH3 is 1. The van der Waals surface area contributed by atoms with E-state index in [4.69, 9.17) is 10.5 Å². The van der Waals surface area contributed by atoms with Crippen molar-refractivity contribution in [3.63, 3.8) is 0 Å². The van der Waals surface area contributed by atoms with E-state index >= 15 is 0 Å². The van der Waals surface area contributed by atoms with Crippen molar-refractivity contribution in [2.24, 2.45) is 17.6 Å². The molecule has 2 atom stereocenters. The van der Waals surface area contributed by atoms with Crippen molar-refractivity contribution < 1.29 is 17.9 Å². The zero-order valence-electron chi connectivity index (χ0n) is 8.76. The third-order valence-corrected chi connectivity index (χ3v) is 2.76. The van der Waals surface area contributed by atoms with Crippen molar-refractivity contribution >= 4 is 0 Å². The van der Waals surface area contributed by atoms with Gasteiger partial charge < -0.3 is 15.4 Å². The molecule has 6 heteroatoms. The summed E-state index contributed by atoms with van der Waals surface area (Å²) in [5, 5.41) is 0. The van der Waals surface area contributed by atoms with Crippen molar-refractivity contribution in [1.82, 2.24) is 4.90 Å². The van der Waals surface area contributed by atoms with Crippen LogP contribution < -0.4 is 5.73 Å². The van der Waals surface area contributed by atoms with E-state index < -0.39 is 18.0 Å². The molecule has 0 aromatic carbocycles. The first kappa shape index (κ1) is 12.7. The second-order valence-corrected chi connectivity index (χ2v) is 3.91. The molecular weight excluding hydrogens is 209 g/mol. The van der Waals surface area contributed by atoms with Gasteiger partial charge in [0.2, 0.25) is 0 Å². The van der Waals surface area contributed by atoms with Crippen LogP contribution in [0.15, 0.2) is 0 Å². The normalized spacial score (nSPS) is 28.6. The summed E-state index contributed by atoms with van der Waals surface area (Å²) in [6.07, 6.45) is -4.13. The maximum absolute atomic E-state index is 12.6. The lowest BCUT2D eigenvalue weighted by molar-refractivity contribution is -0.183. The lowest BCUT2D eigenvalue weighted by Crippen LogP contribution is -2.32. The molecule has 1 saturated heterocycles. The van der Waals surface area contributed by atoms with Gasteiger partial charge in [0.05, 0.1) is 12.5 Å². The van der Waals surface area contributed by atoms with Crippen LogP contribution in [0, 0.1) is 11.8 Å². The minimum Gasteiger partial charge on any atom is -0.384 e. The van der Waals surface area contributed by atoms with Crippen LogP contribution in [0.25, 0.3) is 0 Å². The monoisotopic (exact) mass is 226 g/mol. The van der Waals surface area contributed by atoms with Crippen LogP contribution in [0.2, 0.25) is 0 Å². The molecule has 1 fully saturated rings. The van der Waals surface area contributed by atoms with E-state index in [9.17, 15) is 13.2 Å². The summed E-state index contributed by atoms with van der Waals surface area (Å²) in [6.45, 7) is 1.55. The molecule has 3 nitrogen and oxygen atoms in total. The Morgan fingerprint density at radius 2 is 2.07 bits per heavy atom. The molecule has 0 aliphatic carbocycles. The van der Waals surface area contributed by atoms with Gasteiger partial charge in [0.25, 0.3) is 0 Å². The summed E-state index contributed by atoms with van der Waals surface area (Å²) in [6, 6.07) is 0. The van der Waals surface area contributed by atoms with E-state index in [2.05, 4.69) is 0 Å². The molecule has 0 spiro atoms. The summed E-state index contributed by atoms with van der Waals surface area (Å²) in [7, 11) is 1.43. The van der Waals surface area contributed by atoms with Gasteiger partial charge in [-0.2, -0.15) is 13.2 Å². The smallest absolute Gasteiger partial charge is 0.384 e. The number of halogens is 3. The fourth-order valence-corrected chi connectivity index (χ4v) is 2.08. The fraction of sp³-hybridized carbons (Fsp3) is 1.00. The number of hydrogen-bond acceptors (Lipinski definition) is 3. The van der Waals surface area contributed by atoms with Crippen LogP contribution in [0.3, 0.4) is 0 Å². The van der Waals surface area contributed by atoms with Gasteiger partial charge in [-0.05, 0) is 0 Å². The molecule has 1 aliphatic rings. The number of alkyl halides is 3. The highest BCUT2D eigenvalue weighted by Crippen LogP contribution is 2.37. The van der Waals surface area contributed by atoms with Crippen LogP contribution in [-0.2, 0) is 4.74 Å². The van der Waals surface area contributed by atoms with E-state index in [1.165, 1.54) is 7.11 Å². The summed E-state index contributed by atoms with van der Waals surface area (Å²) in [4.78, 5) is 1.75. The topological polar surface area (TPSA) is 38.5 Å². The molecular formula is C9H17F3N2O. The van der Waals surface area contributed by atoms with Gasteiger partial charge in [0.15, 0.2) is 0 Å². The molecule has 0 radical (unpaired) electrons. The van der Waals surface area contributed by atoms with Gasteiger partial charge in [-0.1, -0.05) is 0 Å². The van der Waals surface area contributed by atoms with Gasteiger partial charge in [0.1, 0.15) is 0 Å². The molecule has 1 heterocycles. The largest absolute Gasteiger partial charge is 0.393 e. The number of nitrogens with zero attached hydrogens (tertiary/aromatic N) is 1. The van der Waals surface area contributed by atoms with E-state index in [1.807, 2.05) is 0 Å². The zero-order chi connectivity index (χ0) is 11.5. The summed E-state index contributed by atoms with van der Waals surface area (Å²) in [5.41, 5.74) is 5.33. The van der Waals surface area contributed by atoms with Gasteiger partial charge in [-0.15, -0.1) is 0 Å². The first-order valence-corrected chi connectivity index (χ1v) is 4.97. The molecule has 1 aliphatic heterocycles. The Morgan fingerprint density at radius 3 is 2.53 bits per heavy atom.